The zero-order valence-electron chi connectivity index (χ0n) is 10.3. The number of fused-ring (bicyclic) bond motifs is 1. The molecule has 0 atom stereocenters. The van der Waals surface area contributed by atoms with Crippen molar-refractivity contribution in [2.45, 2.75) is 0 Å². The molecule has 96 valence electrons. The van der Waals surface area contributed by atoms with E-state index in [4.69, 9.17) is 9.68 Å². The number of hydrogen-bond donors (Lipinski definition) is 1. The Labute approximate surface area is 114 Å². The largest absolute Gasteiger partial charge is 0.388 e. The summed E-state index contributed by atoms with van der Waals surface area (Å²) in [6.45, 7) is 0. The minimum absolute atomic E-state index is 0.124. The average molecular weight is 263 g/mol. The molecule has 0 saturated heterocycles. The van der Waals surface area contributed by atoms with Crippen LogP contribution in [0.4, 0.5) is 11.7 Å². The Morgan fingerprint density at radius 3 is 2.70 bits per heavy atom. The van der Waals surface area contributed by atoms with Crippen LogP contribution >= 0.6 is 0 Å². The molecule has 1 heterocycles. The van der Waals surface area contributed by atoms with E-state index in [1.807, 2.05) is 36.4 Å². The topological polar surface area (TPSA) is 78.9 Å². The number of rotatable bonds is 2. The number of benzene rings is 2. The Bertz CT molecular complexity index is 864. The fourth-order valence-corrected chi connectivity index (χ4v) is 1.84. The zero-order valence-corrected chi connectivity index (χ0v) is 10.3. The van der Waals surface area contributed by atoms with E-state index >= 15 is 0 Å². The van der Waals surface area contributed by atoms with Gasteiger partial charge in [0, 0.05) is 5.69 Å². The van der Waals surface area contributed by atoms with Crippen LogP contribution in [0.15, 0.2) is 57.7 Å². The summed E-state index contributed by atoms with van der Waals surface area (Å²) >= 11 is 0. The van der Waals surface area contributed by atoms with E-state index in [1.54, 1.807) is 12.1 Å². The molecule has 0 amide bonds. The molecule has 3 rings (SSSR count). The van der Waals surface area contributed by atoms with Crippen molar-refractivity contribution < 1.29 is 4.42 Å². The summed E-state index contributed by atoms with van der Waals surface area (Å²) in [7, 11) is 0. The van der Waals surface area contributed by atoms with E-state index < -0.39 is 5.63 Å². The lowest BCUT2D eigenvalue weighted by Gasteiger charge is -2.04. The highest BCUT2D eigenvalue weighted by Crippen LogP contribution is 2.16. The van der Waals surface area contributed by atoms with Gasteiger partial charge in [0.05, 0.1) is 22.5 Å². The van der Waals surface area contributed by atoms with Gasteiger partial charge in [0.15, 0.2) is 0 Å². The summed E-state index contributed by atoms with van der Waals surface area (Å²) < 4.78 is 5.11. The van der Waals surface area contributed by atoms with Crippen LogP contribution in [0, 0.1) is 11.3 Å². The molecule has 0 unspecified atom stereocenters. The van der Waals surface area contributed by atoms with Gasteiger partial charge in [-0.15, -0.1) is 0 Å². The van der Waals surface area contributed by atoms with Crippen LogP contribution in [0.2, 0.25) is 0 Å². The number of nitrogens with one attached hydrogen (secondary N) is 1. The van der Waals surface area contributed by atoms with Crippen molar-refractivity contribution in [3.05, 3.63) is 64.5 Å². The average Bonchev–Trinajstić information content (AvgIpc) is 2.48. The normalized spacial score (nSPS) is 10.2. The smallest absolute Gasteiger partial charge is 0.348 e. The van der Waals surface area contributed by atoms with Gasteiger partial charge >= 0.3 is 11.6 Å². The third kappa shape index (κ3) is 2.22. The van der Waals surface area contributed by atoms with Crippen LogP contribution in [0.1, 0.15) is 5.56 Å². The van der Waals surface area contributed by atoms with Crippen molar-refractivity contribution >= 4 is 22.6 Å². The molecule has 0 radical (unpaired) electrons. The van der Waals surface area contributed by atoms with Crippen molar-refractivity contribution in [3.8, 4) is 6.07 Å². The van der Waals surface area contributed by atoms with Crippen LogP contribution in [-0.4, -0.2) is 4.98 Å². The fraction of sp³-hybridized carbons (Fsp3) is 0. The highest BCUT2D eigenvalue weighted by Gasteiger charge is 2.07. The quantitative estimate of drug-likeness (QED) is 0.769. The van der Waals surface area contributed by atoms with E-state index in [1.165, 1.54) is 6.07 Å². The number of para-hydroxylation sites is 1. The standard InChI is InChI=1S/C15H9N3O2/c16-9-10-6-7-13-12(8-10)14(19)20-15(18-13)17-11-4-2-1-3-5-11/h1-8H,(H,17,18). The highest BCUT2D eigenvalue weighted by atomic mass is 16.4. The van der Waals surface area contributed by atoms with E-state index in [0.29, 0.717) is 16.5 Å². The predicted octanol–water partition coefficient (Wildman–Crippen LogP) is 2.80. The maximum absolute atomic E-state index is 11.9. The minimum Gasteiger partial charge on any atom is -0.388 e. The molecule has 20 heavy (non-hydrogen) atoms. The molecule has 3 aromatic rings. The first kappa shape index (κ1) is 11.9. The molecule has 2 aromatic carbocycles. The highest BCUT2D eigenvalue weighted by molar-refractivity contribution is 5.79. The van der Waals surface area contributed by atoms with Gasteiger partial charge in [0.25, 0.3) is 0 Å². The lowest BCUT2D eigenvalue weighted by molar-refractivity contribution is 0.522. The number of nitrogens with zero attached hydrogens (tertiary/aromatic N) is 2. The molecule has 0 aliphatic heterocycles. The van der Waals surface area contributed by atoms with Crippen molar-refractivity contribution in [1.82, 2.24) is 4.98 Å². The van der Waals surface area contributed by atoms with Gasteiger partial charge in [-0.3, -0.25) is 0 Å². The van der Waals surface area contributed by atoms with Crippen molar-refractivity contribution in [3.63, 3.8) is 0 Å². The van der Waals surface area contributed by atoms with E-state index in [-0.39, 0.29) is 6.01 Å². The van der Waals surface area contributed by atoms with Crippen molar-refractivity contribution in [2.75, 3.05) is 5.32 Å². The summed E-state index contributed by atoms with van der Waals surface area (Å²) in [4.78, 5) is 16.1. The molecule has 0 saturated carbocycles. The molecule has 1 N–H and O–H groups in total. The minimum atomic E-state index is -0.523. The van der Waals surface area contributed by atoms with Crippen LogP contribution in [0.3, 0.4) is 0 Å². The molecular formula is C15H9N3O2. The Morgan fingerprint density at radius 2 is 1.95 bits per heavy atom. The SMILES string of the molecule is N#Cc1ccc2nc(Nc3ccccc3)oc(=O)c2c1. The Kier molecular flexibility index (Phi) is 2.90. The Hall–Kier alpha value is -3.13. The van der Waals surface area contributed by atoms with Crippen LogP contribution < -0.4 is 10.9 Å². The van der Waals surface area contributed by atoms with Gasteiger partial charge in [-0.2, -0.15) is 10.2 Å². The molecule has 0 fully saturated rings. The van der Waals surface area contributed by atoms with Gasteiger partial charge < -0.3 is 9.73 Å². The summed E-state index contributed by atoms with van der Waals surface area (Å²) in [5.41, 5.74) is 1.13. The van der Waals surface area contributed by atoms with Crippen LogP contribution in [-0.2, 0) is 0 Å². The first-order chi connectivity index (χ1) is 9.76. The molecule has 5 heteroatoms. The maximum atomic E-state index is 11.9. The third-order valence-electron chi connectivity index (χ3n) is 2.78. The fourth-order valence-electron chi connectivity index (χ4n) is 1.84. The number of hydrogen-bond acceptors (Lipinski definition) is 5. The maximum Gasteiger partial charge on any atom is 0.348 e. The van der Waals surface area contributed by atoms with E-state index in [2.05, 4.69) is 10.3 Å². The first-order valence-corrected chi connectivity index (χ1v) is 5.93. The second kappa shape index (κ2) is 4.86. The van der Waals surface area contributed by atoms with Crippen LogP contribution in [0.5, 0.6) is 0 Å². The number of nitriles is 1. The molecule has 1 aromatic heterocycles. The second-order valence-electron chi connectivity index (χ2n) is 4.14. The van der Waals surface area contributed by atoms with Gasteiger partial charge in [-0.05, 0) is 30.3 Å². The lowest BCUT2D eigenvalue weighted by Crippen LogP contribution is -2.05. The Morgan fingerprint density at radius 1 is 1.15 bits per heavy atom. The van der Waals surface area contributed by atoms with Gasteiger partial charge in [0.1, 0.15) is 0 Å². The van der Waals surface area contributed by atoms with Crippen LogP contribution in [0.25, 0.3) is 10.9 Å². The van der Waals surface area contributed by atoms with E-state index in [0.717, 1.165) is 5.69 Å². The summed E-state index contributed by atoms with van der Waals surface area (Å²) in [5, 5.41) is 12.0. The predicted molar refractivity (Wildman–Crippen MR) is 74.7 cm³/mol. The molecule has 0 aliphatic carbocycles. The Balaban J connectivity index is 2.07. The summed E-state index contributed by atoms with van der Waals surface area (Å²) in [6, 6.07) is 16.1. The first-order valence-electron chi connectivity index (χ1n) is 5.93. The summed E-state index contributed by atoms with van der Waals surface area (Å²) in [5.74, 6) is 0. The van der Waals surface area contributed by atoms with Gasteiger partial charge in [-0.1, -0.05) is 18.2 Å². The van der Waals surface area contributed by atoms with Gasteiger partial charge in [0.2, 0.25) is 0 Å². The molecule has 0 spiro atoms. The number of aromatic nitrogens is 1. The van der Waals surface area contributed by atoms with Gasteiger partial charge in [-0.25, -0.2) is 4.79 Å². The lowest BCUT2D eigenvalue weighted by atomic mass is 10.2. The second-order valence-corrected chi connectivity index (χ2v) is 4.14. The molecule has 0 bridgehead atoms. The van der Waals surface area contributed by atoms with E-state index in [9.17, 15) is 4.79 Å². The zero-order chi connectivity index (χ0) is 13.9. The molecule has 0 aliphatic rings. The molecule has 5 nitrogen and oxygen atoms in total. The molecular weight excluding hydrogens is 254 g/mol. The van der Waals surface area contributed by atoms with Crippen molar-refractivity contribution in [2.24, 2.45) is 0 Å². The third-order valence-corrected chi connectivity index (χ3v) is 2.78. The summed E-state index contributed by atoms with van der Waals surface area (Å²) in [6.07, 6.45) is 0. The van der Waals surface area contributed by atoms with Crippen molar-refractivity contribution in [1.29, 1.82) is 5.26 Å². The monoisotopic (exact) mass is 263 g/mol. The number of anilines is 2.